The third-order valence-electron chi connectivity index (χ3n) is 8.99. The van der Waals surface area contributed by atoms with Crippen LogP contribution < -0.4 is 66.8 Å². The first kappa shape index (κ1) is 191. The fraction of sp³-hybridized carbons (Fsp3) is 0.623. The number of amides is 1. The molecule has 0 aliphatic carbocycles. The monoisotopic (exact) mass is 1380 g/mol. The summed E-state index contributed by atoms with van der Waals surface area (Å²) in [6, 6.07) is 20.5. The number of hydrogen-bond acceptors (Lipinski definition) is 24. The van der Waals surface area contributed by atoms with Crippen molar-refractivity contribution in [2.24, 2.45) is 47.0 Å². The molecule has 0 unspecified atom stereocenters. The number of likely N-dealkylation sites (tertiary alicyclic amines) is 1. The van der Waals surface area contributed by atoms with Crippen LogP contribution in [0.2, 0.25) is 0 Å². The molecule has 0 aromatic heterocycles. The molecule has 1 saturated heterocycles. The van der Waals surface area contributed by atoms with Gasteiger partial charge in [0.25, 0.3) is 0 Å². The van der Waals surface area contributed by atoms with E-state index in [2.05, 4.69) is 174 Å². The van der Waals surface area contributed by atoms with E-state index >= 15 is 0 Å². The smallest absolute Gasteiger partial charge is 0.219 e. The second kappa shape index (κ2) is 258. The van der Waals surface area contributed by atoms with E-state index in [1.54, 1.807) is 20.8 Å². The molecule has 0 spiro atoms. The molecular weight excluding hydrogens is 1200 g/mol. The fourth-order valence-corrected chi connectivity index (χ4v) is 2.51. The number of rotatable bonds is 8. The molecule has 1 fully saturated rings. The Morgan fingerprint density at radius 1 is 0.372 bits per heavy atom. The molecule has 25 nitrogen and oxygen atoms in total. The quantitative estimate of drug-likeness (QED) is 0.117. The van der Waals surface area contributed by atoms with Crippen molar-refractivity contribution in [1.82, 2.24) is 60.3 Å². The predicted octanol–water partition coefficient (Wildman–Crippen LogP) is 16.9. The molecule has 25 heteroatoms. The minimum atomic E-state index is -0.167. The molecular formula is C69H170N12O13. The van der Waals surface area contributed by atoms with Crippen LogP contribution in [0.3, 0.4) is 0 Å². The number of carbonyl (C=O) groups excluding carboxylic acids is 12. The Bertz CT molecular complexity index is 1140. The van der Waals surface area contributed by atoms with E-state index in [1.807, 2.05) is 122 Å². The molecule has 0 radical (unpaired) electrons. The van der Waals surface area contributed by atoms with Gasteiger partial charge in [-0.25, -0.2) is 0 Å². The van der Waals surface area contributed by atoms with E-state index in [1.165, 1.54) is 83.0 Å². The van der Waals surface area contributed by atoms with Gasteiger partial charge in [0.1, 0.15) is 74.7 Å². The zero-order chi connectivity index (χ0) is 73.6. The van der Waals surface area contributed by atoms with Crippen molar-refractivity contribution in [1.29, 1.82) is 0 Å². The minimum Gasteiger partial charge on any atom is -0.394 e. The Hall–Kier alpha value is -6.46. The minimum absolute atomic E-state index is 0. The molecule has 3 rings (SSSR count). The van der Waals surface area contributed by atoms with Gasteiger partial charge in [0, 0.05) is 26.1 Å². The number of nitrogens with zero attached hydrogens (tertiary/aromatic N) is 1. The van der Waals surface area contributed by atoms with Crippen molar-refractivity contribution in [3.8, 4) is 0 Å². The van der Waals surface area contributed by atoms with E-state index in [9.17, 15) is 4.79 Å². The standard InChI is InChI=1S/C8H10.C8H8.C7H13NO.6C5H12.C3H8O.2CH5N.11CH2O.9H3N/c2*1-2-8-6-4-3-5-7-8;1-7(9)8-5-3-2-4-6-8;6*1-4-5(2)3;1-3(2)4;13*1-2;;;;;;;;;/h3-7H,2H2,1H3;2-7H,1H2;2-6H2,1H3;6*5H,4H2,1-3H3;3-4H,1-2H3;2*2H2,1H3;11*1H2;9*1H3. The molecule has 32 N–H and O–H groups in total. The summed E-state index contributed by atoms with van der Waals surface area (Å²) in [6.07, 6.45) is 14.3. The largest absolute Gasteiger partial charge is 0.394 e. The number of aryl methyl sites for hydroxylation is 1. The molecule has 0 saturated carbocycles. The van der Waals surface area contributed by atoms with Gasteiger partial charge in [-0.05, 0) is 100 Å². The lowest BCUT2D eigenvalue weighted by Crippen LogP contribution is -2.33. The van der Waals surface area contributed by atoms with Crippen molar-refractivity contribution in [2.45, 2.75) is 223 Å². The summed E-state index contributed by atoms with van der Waals surface area (Å²) < 4.78 is 0. The van der Waals surface area contributed by atoms with Gasteiger partial charge in [0.15, 0.2) is 0 Å². The molecule has 1 amide bonds. The van der Waals surface area contributed by atoms with Gasteiger partial charge in [0.05, 0.1) is 0 Å². The maximum absolute atomic E-state index is 10.7. The molecule has 2 aromatic carbocycles. The number of hydrogen-bond donors (Lipinski definition) is 12. The van der Waals surface area contributed by atoms with Crippen LogP contribution >= 0.6 is 0 Å². The van der Waals surface area contributed by atoms with Crippen molar-refractivity contribution >= 4 is 86.7 Å². The molecule has 94 heavy (non-hydrogen) atoms. The van der Waals surface area contributed by atoms with E-state index in [0.29, 0.717) is 0 Å². The topological polar surface area (TPSA) is 595 Å². The number of aliphatic hydroxyl groups is 1. The molecule has 0 atom stereocenters. The van der Waals surface area contributed by atoms with Gasteiger partial charge in [-0.15, -0.1) is 0 Å². The van der Waals surface area contributed by atoms with Crippen LogP contribution in [0, 0.1) is 35.5 Å². The molecule has 2 aromatic rings. The Morgan fingerprint density at radius 3 is 0.606 bits per heavy atom. The SMILES string of the molecule is C=Cc1ccccc1.C=O.C=O.C=O.C=O.C=O.C=O.C=O.C=O.C=O.C=O.C=O.CC(=O)N1CCCCC1.CC(C)O.CCC(C)C.CCC(C)C.CCC(C)C.CCC(C)C.CCC(C)C.CCC(C)C.CCc1ccccc1.CN.CN.N.N.N.N.N.N.N.N.N. The summed E-state index contributed by atoms with van der Waals surface area (Å²) in [5, 5.41) is 8.06. The highest BCUT2D eigenvalue weighted by atomic mass is 16.3. The van der Waals surface area contributed by atoms with Crippen LogP contribution in [0.25, 0.3) is 6.08 Å². The van der Waals surface area contributed by atoms with Gasteiger partial charge in [0.2, 0.25) is 5.91 Å². The highest BCUT2D eigenvalue weighted by molar-refractivity contribution is 5.73. The maximum Gasteiger partial charge on any atom is 0.219 e. The average Bonchev–Trinajstić information content (AvgIpc) is 3.58. The first-order valence-corrected chi connectivity index (χ1v) is 28.5. The third kappa shape index (κ3) is 434. The summed E-state index contributed by atoms with van der Waals surface area (Å²) in [7, 11) is 3.00. The second-order valence-electron chi connectivity index (χ2n) is 17.9. The summed E-state index contributed by atoms with van der Waals surface area (Å²) >= 11 is 0. The fourth-order valence-electron chi connectivity index (χ4n) is 2.51. The number of aliphatic hydroxyl groups excluding tert-OH is 1. The number of nitrogens with two attached hydrogens (primary N) is 2. The Labute approximate surface area is 582 Å². The van der Waals surface area contributed by atoms with Gasteiger partial charge in [-0.3, -0.25) is 4.79 Å². The third-order valence-corrected chi connectivity index (χ3v) is 8.99. The number of benzene rings is 2. The molecule has 584 valence electrons. The van der Waals surface area contributed by atoms with E-state index in [-0.39, 0.29) is 67.4 Å². The van der Waals surface area contributed by atoms with Crippen LogP contribution in [0.5, 0.6) is 0 Å². The van der Waals surface area contributed by atoms with E-state index < -0.39 is 0 Å². The van der Waals surface area contributed by atoms with Gasteiger partial charge in [-0.1, -0.05) is 243 Å². The van der Waals surface area contributed by atoms with Crippen LogP contribution in [0.4, 0.5) is 0 Å². The Morgan fingerprint density at radius 2 is 0.521 bits per heavy atom. The van der Waals surface area contributed by atoms with Crippen molar-refractivity contribution in [3.05, 3.63) is 78.4 Å². The Kier molecular flexibility index (Phi) is 525. The lowest BCUT2D eigenvalue weighted by Gasteiger charge is -2.24. The van der Waals surface area contributed by atoms with Gasteiger partial charge < -0.3 is 130 Å². The molecule has 0 bridgehead atoms. The normalized spacial score (nSPS) is 7.45. The maximum atomic E-state index is 10.7. The highest BCUT2D eigenvalue weighted by Gasteiger charge is 2.11. The molecule has 1 aliphatic heterocycles. The second-order valence-corrected chi connectivity index (χ2v) is 17.9. The number of carbonyl (C=O) groups is 12. The van der Waals surface area contributed by atoms with Gasteiger partial charge in [-0.2, -0.15) is 0 Å². The average molecular weight is 1380 g/mol. The zero-order valence-electron chi connectivity index (χ0n) is 66.2. The summed E-state index contributed by atoms with van der Waals surface area (Å²) in [4.78, 5) is 101. The molecule has 1 aliphatic rings. The van der Waals surface area contributed by atoms with Crippen LogP contribution in [0.1, 0.15) is 221 Å². The van der Waals surface area contributed by atoms with Crippen molar-refractivity contribution < 1.29 is 62.6 Å². The first-order chi connectivity index (χ1) is 40.5. The van der Waals surface area contributed by atoms with Crippen molar-refractivity contribution in [3.63, 3.8) is 0 Å². The Balaban J connectivity index is -0.0000000177. The van der Waals surface area contributed by atoms with E-state index in [0.717, 1.165) is 55.0 Å². The summed E-state index contributed by atoms with van der Waals surface area (Å²) in [5.74, 6) is 5.54. The zero-order valence-corrected chi connectivity index (χ0v) is 66.2. The van der Waals surface area contributed by atoms with Crippen LogP contribution in [-0.4, -0.2) is 124 Å². The van der Waals surface area contributed by atoms with Crippen molar-refractivity contribution in [2.75, 3.05) is 27.2 Å². The highest BCUT2D eigenvalue weighted by Crippen LogP contribution is 2.08. The predicted molar refractivity (Wildman–Crippen MR) is 420 cm³/mol. The lowest BCUT2D eigenvalue weighted by atomic mass is 10.1. The van der Waals surface area contributed by atoms with Crippen LogP contribution in [0.15, 0.2) is 67.2 Å². The molecule has 1 heterocycles. The first-order valence-electron chi connectivity index (χ1n) is 28.5. The number of piperidine rings is 1. The van der Waals surface area contributed by atoms with Crippen LogP contribution in [-0.2, 0) is 64.0 Å². The lowest BCUT2D eigenvalue weighted by molar-refractivity contribution is -0.129. The summed E-state index contributed by atoms with van der Waals surface area (Å²) in [5.41, 5.74) is 11.6. The van der Waals surface area contributed by atoms with Gasteiger partial charge >= 0.3 is 0 Å². The van der Waals surface area contributed by atoms with E-state index in [4.69, 9.17) is 57.8 Å². The summed E-state index contributed by atoms with van der Waals surface area (Å²) in [6.45, 7) is 74.7.